The second-order valence-electron chi connectivity index (χ2n) is 19.3. The standard InChI is InChI=1S/C54H59FN12O6/c55-46-11-8-37(27-47-43-6-1-2-7-44(43)52(70)62-61-47)26-45(46)53(71)67-24-22-65(23-25-67)50(69)34-64-20-18-63(19-21-64)33-36-13-16-66(17-14-36)54(72)51-48(60-49(68)32-57-31-40-12-15-56-35-59-40)29-39(30-58-51)38-4-3-5-42(28-38)73-41-9-10-41/h1-8,11-12,15,26,28-30,35-36,41,57H,9-10,13-14,16-25,27,31-34H2,(H,60,68)(H,62,70). The van der Waals surface area contributed by atoms with Gasteiger partial charge in [0.25, 0.3) is 17.4 Å². The van der Waals surface area contributed by atoms with Crippen LogP contribution in [0.15, 0.2) is 102 Å². The third-order valence-electron chi connectivity index (χ3n) is 14.2. The Morgan fingerprint density at radius 1 is 0.740 bits per heavy atom. The molecular formula is C54H59FN12O6. The topological polar surface area (TPSA) is 202 Å². The van der Waals surface area contributed by atoms with E-state index in [1.807, 2.05) is 47.4 Å². The molecule has 6 aromatic rings. The van der Waals surface area contributed by atoms with Crippen molar-refractivity contribution in [2.45, 2.75) is 44.8 Å². The van der Waals surface area contributed by atoms with Gasteiger partial charge in [-0.3, -0.25) is 28.9 Å². The maximum absolute atomic E-state index is 15.1. The number of likely N-dealkylation sites (tertiary alicyclic amines) is 1. The molecule has 0 unspecified atom stereocenters. The molecule has 3 aliphatic heterocycles. The first kappa shape index (κ1) is 49.1. The fraction of sp³-hybridized carbons (Fsp3) is 0.389. The van der Waals surface area contributed by atoms with Crippen LogP contribution in [0.25, 0.3) is 21.9 Å². The number of rotatable bonds is 16. The van der Waals surface area contributed by atoms with E-state index < -0.39 is 11.7 Å². The summed E-state index contributed by atoms with van der Waals surface area (Å²) in [7, 11) is 0. The van der Waals surface area contributed by atoms with Gasteiger partial charge in [0.15, 0.2) is 5.69 Å². The van der Waals surface area contributed by atoms with Gasteiger partial charge in [0, 0.05) is 108 Å². The Morgan fingerprint density at radius 3 is 2.26 bits per heavy atom. The Labute approximate surface area is 421 Å². The van der Waals surface area contributed by atoms with Crippen molar-refractivity contribution in [1.82, 2.24) is 55.0 Å². The molecule has 1 saturated carbocycles. The van der Waals surface area contributed by atoms with Crippen LogP contribution in [0, 0.1) is 11.7 Å². The van der Waals surface area contributed by atoms with Gasteiger partial charge >= 0.3 is 0 Å². The van der Waals surface area contributed by atoms with Crippen LogP contribution in [0.3, 0.4) is 0 Å². The smallest absolute Gasteiger partial charge is 0.274 e. The number of pyridine rings is 1. The SMILES string of the molecule is O=C(CNCc1ccncn1)Nc1cc(-c2cccc(OC3CC3)c2)cnc1C(=O)N1CCC(CN2CCN(CC(=O)N3CCN(C(=O)c4cc(Cc5n[nH]c(=O)c6ccccc56)ccc4F)CC3)CC2)CC1. The Kier molecular flexibility index (Phi) is 15.2. The molecule has 1 aliphatic carbocycles. The lowest BCUT2D eigenvalue weighted by atomic mass is 9.95. The summed E-state index contributed by atoms with van der Waals surface area (Å²) in [6, 6.07) is 23.0. The maximum atomic E-state index is 15.1. The van der Waals surface area contributed by atoms with E-state index in [9.17, 15) is 24.0 Å². The van der Waals surface area contributed by atoms with Crippen LogP contribution in [0.2, 0.25) is 0 Å². The summed E-state index contributed by atoms with van der Waals surface area (Å²) in [5.74, 6) is -0.382. The Balaban J connectivity index is 0.675. The lowest BCUT2D eigenvalue weighted by molar-refractivity contribution is -0.134. The second kappa shape index (κ2) is 22.5. The van der Waals surface area contributed by atoms with E-state index in [-0.39, 0.29) is 47.2 Å². The van der Waals surface area contributed by atoms with Gasteiger partial charge in [0.2, 0.25) is 11.8 Å². The lowest BCUT2D eigenvalue weighted by Gasteiger charge is -2.40. The Bertz CT molecular complexity index is 3020. The van der Waals surface area contributed by atoms with Crippen LogP contribution in [-0.4, -0.2) is 164 Å². The normalized spacial score (nSPS) is 16.9. The third-order valence-corrected chi connectivity index (χ3v) is 14.2. The van der Waals surface area contributed by atoms with Crippen molar-refractivity contribution < 1.29 is 28.3 Å². The highest BCUT2D eigenvalue weighted by atomic mass is 19.1. The predicted molar refractivity (Wildman–Crippen MR) is 271 cm³/mol. The van der Waals surface area contributed by atoms with E-state index in [1.54, 1.807) is 52.5 Å². The fourth-order valence-electron chi connectivity index (χ4n) is 9.87. The molecule has 0 spiro atoms. The molecule has 19 heteroatoms. The number of hydrogen-bond donors (Lipinski definition) is 3. The number of amides is 4. The highest BCUT2D eigenvalue weighted by Crippen LogP contribution is 2.32. The van der Waals surface area contributed by atoms with Crippen molar-refractivity contribution in [3.05, 3.63) is 142 Å². The molecule has 3 saturated heterocycles. The molecule has 4 fully saturated rings. The summed E-state index contributed by atoms with van der Waals surface area (Å²) in [6.07, 6.45) is 9.09. The van der Waals surface area contributed by atoms with E-state index in [4.69, 9.17) is 4.74 Å². The van der Waals surface area contributed by atoms with Crippen molar-refractivity contribution in [1.29, 1.82) is 0 Å². The van der Waals surface area contributed by atoms with Crippen molar-refractivity contribution >= 4 is 40.1 Å². The number of piperazine rings is 2. The van der Waals surface area contributed by atoms with Crippen molar-refractivity contribution in [2.24, 2.45) is 5.92 Å². The van der Waals surface area contributed by atoms with Crippen LogP contribution < -0.4 is 20.9 Å². The fourth-order valence-corrected chi connectivity index (χ4v) is 9.87. The van der Waals surface area contributed by atoms with Crippen LogP contribution in [0.4, 0.5) is 10.1 Å². The summed E-state index contributed by atoms with van der Waals surface area (Å²) in [4.78, 5) is 89.5. The molecule has 73 heavy (non-hydrogen) atoms. The number of aromatic nitrogens is 5. The van der Waals surface area contributed by atoms with Crippen LogP contribution in [0.1, 0.15) is 63.5 Å². The molecule has 3 N–H and O–H groups in total. The molecule has 4 amide bonds. The summed E-state index contributed by atoms with van der Waals surface area (Å²) < 4.78 is 21.1. The van der Waals surface area contributed by atoms with Gasteiger partial charge in [-0.15, -0.1) is 0 Å². The highest BCUT2D eigenvalue weighted by Gasteiger charge is 2.31. The predicted octanol–water partition coefficient (Wildman–Crippen LogP) is 4.23. The number of ether oxygens (including phenoxy) is 1. The molecule has 378 valence electrons. The minimum Gasteiger partial charge on any atom is -0.490 e. The number of piperidine rings is 1. The van der Waals surface area contributed by atoms with Crippen LogP contribution in [0.5, 0.6) is 5.75 Å². The van der Waals surface area contributed by atoms with Crippen LogP contribution >= 0.6 is 0 Å². The number of fused-ring (bicyclic) bond motifs is 1. The zero-order valence-corrected chi connectivity index (χ0v) is 40.7. The largest absolute Gasteiger partial charge is 0.490 e. The molecule has 18 nitrogen and oxygen atoms in total. The number of H-pyrrole nitrogens is 1. The number of carbonyl (C=O) groups excluding carboxylic acids is 4. The first-order valence-electron chi connectivity index (χ1n) is 25.2. The van der Waals surface area contributed by atoms with E-state index in [2.05, 4.69) is 45.6 Å². The third kappa shape index (κ3) is 12.2. The molecule has 0 radical (unpaired) electrons. The lowest BCUT2D eigenvalue weighted by Crippen LogP contribution is -2.55. The minimum absolute atomic E-state index is 0.00521. The number of carbonyl (C=O) groups is 4. The highest BCUT2D eigenvalue weighted by molar-refractivity contribution is 6.03. The van der Waals surface area contributed by atoms with Gasteiger partial charge < -0.3 is 35.0 Å². The van der Waals surface area contributed by atoms with Gasteiger partial charge in [0.05, 0.1) is 47.2 Å². The quantitative estimate of drug-likeness (QED) is 0.125. The minimum atomic E-state index is -0.614. The van der Waals surface area contributed by atoms with Crippen molar-refractivity contribution in [3.63, 3.8) is 0 Å². The summed E-state index contributed by atoms with van der Waals surface area (Å²) >= 11 is 0. The van der Waals surface area contributed by atoms with E-state index in [0.29, 0.717) is 92.4 Å². The van der Waals surface area contributed by atoms with E-state index in [0.717, 1.165) is 81.0 Å². The molecule has 10 rings (SSSR count). The summed E-state index contributed by atoms with van der Waals surface area (Å²) in [5, 5.41) is 14.0. The average Bonchev–Trinajstić information content (AvgIpc) is 4.25. The zero-order chi connectivity index (χ0) is 50.3. The number of nitrogens with zero attached hydrogens (tertiary/aromatic N) is 9. The number of aromatic amines is 1. The first-order chi connectivity index (χ1) is 35.6. The summed E-state index contributed by atoms with van der Waals surface area (Å²) in [5.41, 5.74) is 3.91. The number of nitrogens with one attached hydrogen (secondary N) is 3. The van der Waals surface area contributed by atoms with Crippen molar-refractivity contribution in [3.8, 4) is 16.9 Å². The van der Waals surface area contributed by atoms with Gasteiger partial charge in [0.1, 0.15) is 17.9 Å². The molecule has 6 heterocycles. The monoisotopic (exact) mass is 990 g/mol. The Morgan fingerprint density at radius 2 is 1.49 bits per heavy atom. The molecule has 3 aromatic heterocycles. The second-order valence-corrected chi connectivity index (χ2v) is 19.3. The number of anilines is 1. The molecule has 0 bridgehead atoms. The van der Waals surface area contributed by atoms with Crippen molar-refractivity contribution in [2.75, 3.05) is 90.4 Å². The molecule has 3 aromatic carbocycles. The maximum Gasteiger partial charge on any atom is 0.274 e. The van der Waals surface area contributed by atoms with E-state index in [1.165, 1.54) is 12.4 Å². The molecular weight excluding hydrogens is 932 g/mol. The van der Waals surface area contributed by atoms with Gasteiger partial charge in [-0.05, 0) is 85.2 Å². The van der Waals surface area contributed by atoms with Gasteiger partial charge in [-0.1, -0.05) is 36.4 Å². The molecule has 4 aliphatic rings. The van der Waals surface area contributed by atoms with Gasteiger partial charge in [-0.2, -0.15) is 5.10 Å². The number of benzene rings is 3. The van der Waals surface area contributed by atoms with Gasteiger partial charge in [-0.25, -0.2) is 24.4 Å². The Hall–Kier alpha value is -7.48. The summed E-state index contributed by atoms with van der Waals surface area (Å²) in [6.45, 7) is 7.24. The van der Waals surface area contributed by atoms with Crippen LogP contribution in [-0.2, 0) is 22.6 Å². The average molecular weight is 991 g/mol. The first-order valence-corrected chi connectivity index (χ1v) is 25.2. The molecule has 0 atom stereocenters. The zero-order valence-electron chi connectivity index (χ0n) is 40.7. The number of halogens is 1. The number of hydrogen-bond acceptors (Lipinski definition) is 13. The van der Waals surface area contributed by atoms with E-state index >= 15 is 4.39 Å².